The summed E-state index contributed by atoms with van der Waals surface area (Å²) in [6.07, 6.45) is 2.68. The highest BCUT2D eigenvalue weighted by atomic mass is 127. The summed E-state index contributed by atoms with van der Waals surface area (Å²) in [5.41, 5.74) is 1.70. The first kappa shape index (κ1) is 11.5. The molecule has 0 radical (unpaired) electrons. The summed E-state index contributed by atoms with van der Waals surface area (Å²) in [6.45, 7) is 4.60. The van der Waals surface area contributed by atoms with E-state index in [1.54, 1.807) is 0 Å². The largest absolute Gasteiger partial charge is 0.381 e. The molecule has 0 heterocycles. The monoisotopic (exact) mass is 335 g/mol. The molecule has 1 fully saturated rings. The lowest BCUT2D eigenvalue weighted by atomic mass is 10.0. The normalized spacial score (nSPS) is 19.7. The number of nitrogens with one attached hydrogen (secondary N) is 1. The van der Waals surface area contributed by atoms with Crippen molar-refractivity contribution in [2.24, 2.45) is 5.41 Å². The number of anilines is 1. The molecule has 2 rings (SSSR count). The molecule has 1 atom stereocenters. The van der Waals surface area contributed by atoms with E-state index in [1.807, 2.05) is 12.1 Å². The Labute approximate surface area is 110 Å². The Morgan fingerprint density at radius 1 is 1.47 bits per heavy atom. The minimum Gasteiger partial charge on any atom is -0.381 e. The van der Waals surface area contributed by atoms with Crippen LogP contribution in [0.15, 0.2) is 18.2 Å². The van der Waals surface area contributed by atoms with Gasteiger partial charge in [-0.2, -0.15) is 0 Å². The Morgan fingerprint density at radius 3 is 2.67 bits per heavy atom. The molecular weight excluding hydrogens is 320 g/mol. The van der Waals surface area contributed by atoms with Crippen LogP contribution in [-0.4, -0.2) is 6.04 Å². The average Bonchev–Trinajstić information content (AvgIpc) is 2.90. The van der Waals surface area contributed by atoms with Crippen molar-refractivity contribution in [3.63, 3.8) is 0 Å². The van der Waals surface area contributed by atoms with Gasteiger partial charge in [0.05, 0.1) is 0 Å². The molecule has 1 aromatic carbocycles. The first-order valence-electron chi connectivity index (χ1n) is 5.23. The topological polar surface area (TPSA) is 12.0 Å². The van der Waals surface area contributed by atoms with Crippen LogP contribution in [-0.2, 0) is 0 Å². The van der Waals surface area contributed by atoms with Crippen molar-refractivity contribution in [1.82, 2.24) is 0 Å². The van der Waals surface area contributed by atoms with E-state index in [1.165, 1.54) is 22.1 Å². The average molecular weight is 336 g/mol. The van der Waals surface area contributed by atoms with Crippen LogP contribution in [0.3, 0.4) is 0 Å². The fraction of sp³-hybridized carbons (Fsp3) is 0.500. The third kappa shape index (κ3) is 2.59. The minimum atomic E-state index is 0.503. The van der Waals surface area contributed by atoms with E-state index >= 15 is 0 Å². The van der Waals surface area contributed by atoms with Crippen LogP contribution in [0.25, 0.3) is 0 Å². The fourth-order valence-electron chi connectivity index (χ4n) is 1.64. The predicted octanol–water partition coefficient (Wildman–Crippen LogP) is 4.55. The van der Waals surface area contributed by atoms with Gasteiger partial charge >= 0.3 is 0 Å². The molecule has 0 saturated heterocycles. The van der Waals surface area contributed by atoms with Gasteiger partial charge < -0.3 is 5.32 Å². The van der Waals surface area contributed by atoms with Gasteiger partial charge in [0.1, 0.15) is 0 Å². The van der Waals surface area contributed by atoms with Crippen molar-refractivity contribution in [2.45, 2.75) is 32.7 Å². The Balaban J connectivity index is 2.10. The van der Waals surface area contributed by atoms with Crippen LogP contribution in [0.2, 0.25) is 5.02 Å². The fourth-order valence-corrected chi connectivity index (χ4v) is 2.67. The summed E-state index contributed by atoms with van der Waals surface area (Å²) in [5.74, 6) is 0. The molecule has 0 amide bonds. The molecule has 0 aromatic heterocycles. The van der Waals surface area contributed by atoms with Crippen molar-refractivity contribution in [2.75, 3.05) is 5.32 Å². The number of hydrogen-bond acceptors (Lipinski definition) is 1. The quantitative estimate of drug-likeness (QED) is 0.799. The van der Waals surface area contributed by atoms with Gasteiger partial charge in [0.25, 0.3) is 0 Å². The zero-order chi connectivity index (χ0) is 11.1. The van der Waals surface area contributed by atoms with Crippen LogP contribution in [0.4, 0.5) is 5.69 Å². The second-order valence-electron chi connectivity index (χ2n) is 4.64. The highest BCUT2D eigenvalue weighted by Gasteiger charge is 2.42. The van der Waals surface area contributed by atoms with Gasteiger partial charge in [0, 0.05) is 20.3 Å². The summed E-state index contributed by atoms with van der Waals surface area (Å²) in [5, 5.41) is 4.37. The van der Waals surface area contributed by atoms with Crippen molar-refractivity contribution in [1.29, 1.82) is 0 Å². The minimum absolute atomic E-state index is 0.503. The summed E-state index contributed by atoms with van der Waals surface area (Å²) >= 11 is 8.24. The van der Waals surface area contributed by atoms with E-state index in [9.17, 15) is 0 Å². The zero-order valence-electron chi connectivity index (χ0n) is 8.98. The molecule has 1 aliphatic rings. The third-order valence-electron chi connectivity index (χ3n) is 3.39. The van der Waals surface area contributed by atoms with E-state index in [0.29, 0.717) is 11.5 Å². The van der Waals surface area contributed by atoms with E-state index in [-0.39, 0.29) is 0 Å². The molecule has 82 valence electrons. The molecule has 1 aliphatic carbocycles. The Bertz CT molecular complexity index is 374. The Kier molecular flexibility index (Phi) is 3.17. The van der Waals surface area contributed by atoms with E-state index in [0.717, 1.165) is 5.02 Å². The number of rotatable bonds is 3. The summed E-state index contributed by atoms with van der Waals surface area (Å²) in [6, 6.07) is 6.53. The van der Waals surface area contributed by atoms with Crippen LogP contribution in [0.1, 0.15) is 26.7 Å². The molecule has 0 spiro atoms. The lowest BCUT2D eigenvalue weighted by Gasteiger charge is -2.22. The molecule has 3 heteroatoms. The van der Waals surface area contributed by atoms with Gasteiger partial charge in [-0.05, 0) is 66.0 Å². The van der Waals surface area contributed by atoms with E-state index in [2.05, 4.69) is 47.8 Å². The van der Waals surface area contributed by atoms with Gasteiger partial charge in [-0.25, -0.2) is 0 Å². The maximum atomic E-state index is 5.92. The smallest absolute Gasteiger partial charge is 0.0479 e. The molecule has 1 saturated carbocycles. The molecule has 1 unspecified atom stereocenters. The van der Waals surface area contributed by atoms with Crippen molar-refractivity contribution in [3.8, 4) is 0 Å². The standard InChI is InChI=1S/C12H15ClIN/c1-8(12(2)5-6-12)15-11-4-3-9(13)7-10(11)14/h3-4,7-8,15H,5-6H2,1-2H3. The molecule has 1 aromatic rings. The lowest BCUT2D eigenvalue weighted by molar-refractivity contribution is 0.493. The second-order valence-corrected chi connectivity index (χ2v) is 6.24. The van der Waals surface area contributed by atoms with Crippen molar-refractivity contribution >= 4 is 39.9 Å². The van der Waals surface area contributed by atoms with Crippen LogP contribution >= 0.6 is 34.2 Å². The first-order chi connectivity index (χ1) is 7.01. The van der Waals surface area contributed by atoms with Gasteiger partial charge in [-0.1, -0.05) is 18.5 Å². The summed E-state index contributed by atoms with van der Waals surface area (Å²) in [7, 11) is 0. The Morgan fingerprint density at radius 2 is 2.13 bits per heavy atom. The van der Waals surface area contributed by atoms with Crippen LogP contribution in [0, 0.1) is 8.99 Å². The summed E-state index contributed by atoms with van der Waals surface area (Å²) in [4.78, 5) is 0. The molecule has 1 N–H and O–H groups in total. The lowest BCUT2D eigenvalue weighted by Crippen LogP contribution is -2.25. The maximum Gasteiger partial charge on any atom is 0.0479 e. The second kappa shape index (κ2) is 4.13. The van der Waals surface area contributed by atoms with Gasteiger partial charge in [-0.3, -0.25) is 0 Å². The van der Waals surface area contributed by atoms with Crippen LogP contribution in [0.5, 0.6) is 0 Å². The van der Waals surface area contributed by atoms with Gasteiger partial charge in [0.2, 0.25) is 0 Å². The molecule has 0 aliphatic heterocycles. The number of hydrogen-bond donors (Lipinski definition) is 1. The molecule has 1 nitrogen and oxygen atoms in total. The SMILES string of the molecule is CC(Nc1ccc(Cl)cc1I)C1(C)CC1. The zero-order valence-corrected chi connectivity index (χ0v) is 11.9. The van der Waals surface area contributed by atoms with Gasteiger partial charge in [0.15, 0.2) is 0 Å². The highest BCUT2D eigenvalue weighted by molar-refractivity contribution is 14.1. The molecule has 0 bridgehead atoms. The molecule has 15 heavy (non-hydrogen) atoms. The summed E-state index contributed by atoms with van der Waals surface area (Å²) < 4.78 is 1.19. The first-order valence-corrected chi connectivity index (χ1v) is 6.68. The number of halogens is 2. The Hall–Kier alpha value is 0.0400. The van der Waals surface area contributed by atoms with Crippen LogP contribution < -0.4 is 5.32 Å². The van der Waals surface area contributed by atoms with E-state index < -0.39 is 0 Å². The van der Waals surface area contributed by atoms with Crippen molar-refractivity contribution in [3.05, 3.63) is 26.8 Å². The van der Waals surface area contributed by atoms with E-state index in [4.69, 9.17) is 11.6 Å². The molecular formula is C12H15ClIN. The third-order valence-corrected chi connectivity index (χ3v) is 4.51. The van der Waals surface area contributed by atoms with Crippen molar-refractivity contribution < 1.29 is 0 Å². The maximum absolute atomic E-state index is 5.92. The number of benzene rings is 1. The van der Waals surface area contributed by atoms with Gasteiger partial charge in [-0.15, -0.1) is 0 Å². The predicted molar refractivity (Wildman–Crippen MR) is 74.6 cm³/mol. The highest BCUT2D eigenvalue weighted by Crippen LogP contribution is 2.49.